The minimum atomic E-state index is -0.218. The lowest BCUT2D eigenvalue weighted by atomic mass is 9.94. The predicted octanol–water partition coefficient (Wildman–Crippen LogP) is 3.66. The standard InChI is InChI=1S/C21H23N5O2/c1-12-8-13(2)18-15(12)9-16(28-18)26-11-24-17-19(22-10-23-20(17)26)25-21(27)14-6-4-3-5-7-14/h3-7,10-13,15-16,18H,8-9H2,1-2H3,(H,22,23,25,27)/t12-,13-,15+,16?,18-/m1/s1. The van der Waals surface area contributed by atoms with Crippen molar-refractivity contribution < 1.29 is 9.53 Å². The number of imidazole rings is 1. The number of ether oxygens (including phenoxy) is 1. The average molecular weight is 377 g/mol. The van der Waals surface area contributed by atoms with Crippen molar-refractivity contribution in [3.05, 3.63) is 48.5 Å². The Balaban J connectivity index is 1.43. The Morgan fingerprint density at radius 3 is 2.71 bits per heavy atom. The maximum absolute atomic E-state index is 12.5. The first kappa shape index (κ1) is 17.3. The fourth-order valence-electron chi connectivity index (χ4n) is 4.81. The Labute approximate surface area is 163 Å². The molecule has 0 radical (unpaired) electrons. The molecule has 7 heteroatoms. The highest BCUT2D eigenvalue weighted by Crippen LogP contribution is 2.49. The van der Waals surface area contributed by atoms with Gasteiger partial charge in [-0.05, 0) is 42.7 Å². The van der Waals surface area contributed by atoms with Crippen LogP contribution in [0.4, 0.5) is 5.82 Å². The molecule has 1 saturated heterocycles. The SMILES string of the molecule is C[C@@H]1C[C@@H](C)[C@H]2OC(n3cnc4c(NC(=O)c5ccccc5)ncnc43)C[C@H]21. The number of nitrogens with zero attached hydrogens (tertiary/aromatic N) is 4. The number of carbonyl (C=O) groups excluding carboxylic acids is 1. The van der Waals surface area contributed by atoms with Gasteiger partial charge in [-0.2, -0.15) is 0 Å². The Kier molecular flexibility index (Phi) is 4.12. The molecular weight excluding hydrogens is 354 g/mol. The zero-order chi connectivity index (χ0) is 19.3. The third-order valence-electron chi connectivity index (χ3n) is 6.18. The van der Waals surface area contributed by atoms with Gasteiger partial charge in [-0.1, -0.05) is 32.0 Å². The van der Waals surface area contributed by atoms with Gasteiger partial charge in [0.1, 0.15) is 12.6 Å². The van der Waals surface area contributed by atoms with Gasteiger partial charge in [0.25, 0.3) is 5.91 Å². The van der Waals surface area contributed by atoms with Crippen LogP contribution in [0.3, 0.4) is 0 Å². The van der Waals surface area contributed by atoms with Crippen LogP contribution in [0.1, 0.15) is 43.3 Å². The highest BCUT2D eigenvalue weighted by molar-refractivity contribution is 6.06. The summed E-state index contributed by atoms with van der Waals surface area (Å²) >= 11 is 0. The fourth-order valence-corrected chi connectivity index (χ4v) is 4.81. The summed E-state index contributed by atoms with van der Waals surface area (Å²) in [7, 11) is 0. The lowest BCUT2D eigenvalue weighted by Crippen LogP contribution is -2.17. The molecule has 1 unspecified atom stereocenters. The maximum Gasteiger partial charge on any atom is 0.256 e. The van der Waals surface area contributed by atoms with E-state index < -0.39 is 0 Å². The Bertz CT molecular complexity index is 1000. The van der Waals surface area contributed by atoms with Gasteiger partial charge in [0.05, 0.1) is 12.4 Å². The Morgan fingerprint density at radius 2 is 1.93 bits per heavy atom. The molecule has 5 atom stereocenters. The van der Waals surface area contributed by atoms with Crippen LogP contribution in [0.5, 0.6) is 0 Å². The first-order chi connectivity index (χ1) is 13.6. The number of carbonyl (C=O) groups is 1. The molecule has 1 aromatic carbocycles. The number of fused-ring (bicyclic) bond motifs is 2. The van der Waals surface area contributed by atoms with Crippen molar-refractivity contribution >= 4 is 22.9 Å². The summed E-state index contributed by atoms with van der Waals surface area (Å²) in [5, 5.41) is 2.85. The number of hydrogen-bond donors (Lipinski definition) is 1. The number of rotatable bonds is 3. The van der Waals surface area contributed by atoms with Gasteiger partial charge in [-0.15, -0.1) is 0 Å². The molecule has 0 spiro atoms. The number of aromatic nitrogens is 4. The van der Waals surface area contributed by atoms with Crippen LogP contribution in [-0.4, -0.2) is 31.5 Å². The van der Waals surface area contributed by atoms with E-state index in [9.17, 15) is 4.79 Å². The van der Waals surface area contributed by atoms with E-state index in [1.54, 1.807) is 18.5 Å². The summed E-state index contributed by atoms with van der Waals surface area (Å²) < 4.78 is 8.37. The molecule has 1 saturated carbocycles. The molecule has 1 N–H and O–H groups in total. The van der Waals surface area contributed by atoms with E-state index in [-0.39, 0.29) is 12.1 Å². The van der Waals surface area contributed by atoms with Crippen LogP contribution >= 0.6 is 0 Å². The summed E-state index contributed by atoms with van der Waals surface area (Å²) in [6, 6.07) is 9.06. The lowest BCUT2D eigenvalue weighted by Gasteiger charge is -2.17. The number of anilines is 1. The maximum atomic E-state index is 12.5. The van der Waals surface area contributed by atoms with Crippen molar-refractivity contribution in [2.24, 2.45) is 17.8 Å². The van der Waals surface area contributed by atoms with Crippen LogP contribution in [0.2, 0.25) is 0 Å². The quantitative estimate of drug-likeness (QED) is 0.753. The van der Waals surface area contributed by atoms with Crippen molar-refractivity contribution in [3.63, 3.8) is 0 Å². The second-order valence-corrected chi connectivity index (χ2v) is 8.01. The monoisotopic (exact) mass is 377 g/mol. The minimum Gasteiger partial charge on any atom is -0.354 e. The molecule has 3 heterocycles. The summed E-state index contributed by atoms with van der Waals surface area (Å²) in [5.74, 6) is 2.03. The van der Waals surface area contributed by atoms with Crippen molar-refractivity contribution in [2.75, 3.05) is 5.32 Å². The fraction of sp³-hybridized carbons (Fsp3) is 0.429. The van der Waals surface area contributed by atoms with Gasteiger partial charge in [0.15, 0.2) is 17.0 Å². The van der Waals surface area contributed by atoms with E-state index in [0.29, 0.717) is 46.4 Å². The minimum absolute atomic E-state index is 0.0715. The van der Waals surface area contributed by atoms with Gasteiger partial charge in [0.2, 0.25) is 0 Å². The van der Waals surface area contributed by atoms with Crippen molar-refractivity contribution in [3.8, 4) is 0 Å². The van der Waals surface area contributed by atoms with Gasteiger partial charge in [-0.3, -0.25) is 9.36 Å². The molecular formula is C21H23N5O2. The van der Waals surface area contributed by atoms with Crippen LogP contribution in [0.15, 0.2) is 43.0 Å². The van der Waals surface area contributed by atoms with E-state index >= 15 is 0 Å². The van der Waals surface area contributed by atoms with E-state index in [1.807, 2.05) is 22.8 Å². The first-order valence-electron chi connectivity index (χ1n) is 9.81. The molecule has 7 nitrogen and oxygen atoms in total. The number of benzene rings is 1. The summed E-state index contributed by atoms with van der Waals surface area (Å²) in [4.78, 5) is 25.6. The number of nitrogens with one attached hydrogen (secondary N) is 1. The molecule has 2 aliphatic rings. The second kappa shape index (κ2) is 6.67. The van der Waals surface area contributed by atoms with Crippen molar-refractivity contribution in [1.82, 2.24) is 19.5 Å². The van der Waals surface area contributed by atoms with Crippen molar-refractivity contribution in [1.29, 1.82) is 0 Å². The molecule has 0 bridgehead atoms. The molecule has 28 heavy (non-hydrogen) atoms. The Hall–Kier alpha value is -2.80. The normalized spacial score (nSPS) is 29.1. The van der Waals surface area contributed by atoms with E-state index in [0.717, 1.165) is 6.42 Å². The highest BCUT2D eigenvalue weighted by Gasteiger charge is 2.47. The molecule has 1 aliphatic heterocycles. The van der Waals surface area contributed by atoms with Crippen LogP contribution in [0, 0.1) is 17.8 Å². The zero-order valence-corrected chi connectivity index (χ0v) is 15.9. The molecule has 2 fully saturated rings. The molecule has 144 valence electrons. The first-order valence-corrected chi connectivity index (χ1v) is 9.81. The van der Waals surface area contributed by atoms with Gasteiger partial charge in [0, 0.05) is 5.56 Å². The van der Waals surface area contributed by atoms with Crippen LogP contribution < -0.4 is 5.32 Å². The van der Waals surface area contributed by atoms with Crippen LogP contribution in [-0.2, 0) is 4.74 Å². The van der Waals surface area contributed by atoms with Crippen LogP contribution in [0.25, 0.3) is 11.2 Å². The topological polar surface area (TPSA) is 81.9 Å². The average Bonchev–Trinajstić information content (AvgIpc) is 3.39. The van der Waals surface area contributed by atoms with Gasteiger partial charge in [-0.25, -0.2) is 15.0 Å². The molecule has 1 aliphatic carbocycles. The van der Waals surface area contributed by atoms with E-state index in [2.05, 4.69) is 34.1 Å². The van der Waals surface area contributed by atoms with Crippen molar-refractivity contribution in [2.45, 2.75) is 39.0 Å². The van der Waals surface area contributed by atoms with E-state index in [4.69, 9.17) is 4.74 Å². The predicted molar refractivity (Wildman–Crippen MR) is 105 cm³/mol. The summed E-state index contributed by atoms with van der Waals surface area (Å²) in [6.07, 6.45) is 5.64. The van der Waals surface area contributed by atoms with Gasteiger partial charge < -0.3 is 10.1 Å². The Morgan fingerprint density at radius 1 is 1.11 bits per heavy atom. The summed E-state index contributed by atoms with van der Waals surface area (Å²) in [6.45, 7) is 4.59. The lowest BCUT2D eigenvalue weighted by molar-refractivity contribution is -0.0176. The number of hydrogen-bond acceptors (Lipinski definition) is 5. The second-order valence-electron chi connectivity index (χ2n) is 8.01. The third-order valence-corrected chi connectivity index (χ3v) is 6.18. The smallest absolute Gasteiger partial charge is 0.256 e. The molecule has 5 rings (SSSR count). The summed E-state index contributed by atoms with van der Waals surface area (Å²) in [5.41, 5.74) is 1.83. The van der Waals surface area contributed by atoms with Gasteiger partial charge >= 0.3 is 0 Å². The third kappa shape index (κ3) is 2.77. The largest absolute Gasteiger partial charge is 0.354 e. The molecule has 3 aromatic rings. The molecule has 2 aromatic heterocycles. The van der Waals surface area contributed by atoms with E-state index in [1.165, 1.54) is 12.7 Å². The number of amides is 1. The highest BCUT2D eigenvalue weighted by atomic mass is 16.5. The molecule has 1 amide bonds. The zero-order valence-electron chi connectivity index (χ0n) is 15.9.